The molecule has 0 atom stereocenters. The smallest absolute Gasteiger partial charge is 0.243 e. The third kappa shape index (κ3) is 3.42. The highest BCUT2D eigenvalue weighted by Crippen LogP contribution is 2.34. The summed E-state index contributed by atoms with van der Waals surface area (Å²) in [6.45, 7) is 2.81. The van der Waals surface area contributed by atoms with Gasteiger partial charge in [0.1, 0.15) is 0 Å². The molecule has 116 valence electrons. The summed E-state index contributed by atoms with van der Waals surface area (Å²) in [7, 11) is -3.52. The zero-order valence-electron chi connectivity index (χ0n) is 11.5. The van der Waals surface area contributed by atoms with E-state index in [4.69, 9.17) is 29.6 Å². The molecule has 4 nitrogen and oxygen atoms in total. The molecule has 21 heavy (non-hydrogen) atoms. The number of nitrogens with zero attached hydrogens (tertiary/aromatic N) is 1. The van der Waals surface area contributed by atoms with Crippen molar-refractivity contribution in [3.63, 3.8) is 0 Å². The van der Waals surface area contributed by atoms with Gasteiger partial charge in [-0.3, -0.25) is 0 Å². The maximum absolute atomic E-state index is 12.6. The van der Waals surface area contributed by atoms with Gasteiger partial charge < -0.3 is 5.73 Å². The van der Waals surface area contributed by atoms with E-state index in [0.717, 1.165) is 0 Å². The van der Waals surface area contributed by atoms with E-state index >= 15 is 0 Å². The van der Waals surface area contributed by atoms with Crippen LogP contribution < -0.4 is 5.73 Å². The van der Waals surface area contributed by atoms with E-state index in [1.807, 2.05) is 6.92 Å². The Hall–Kier alpha value is -0.210. The second kappa shape index (κ2) is 6.12. The highest BCUT2D eigenvalue weighted by molar-refractivity contribution is 9.10. The molecule has 1 aromatic carbocycles. The molecule has 0 aliphatic carbocycles. The second-order valence-corrected chi connectivity index (χ2v) is 9.04. The van der Waals surface area contributed by atoms with Crippen LogP contribution in [0, 0.1) is 5.41 Å². The first-order valence-corrected chi connectivity index (χ1v) is 9.44. The summed E-state index contributed by atoms with van der Waals surface area (Å²) in [5, 5.41) is 0.480. The van der Waals surface area contributed by atoms with E-state index in [-0.39, 0.29) is 10.3 Å². The van der Waals surface area contributed by atoms with Crippen LogP contribution in [-0.4, -0.2) is 30.8 Å². The van der Waals surface area contributed by atoms with Gasteiger partial charge in [0.05, 0.1) is 14.9 Å². The molecular weight excluding hydrogens is 396 g/mol. The lowest BCUT2D eigenvalue weighted by molar-refractivity contribution is 0.244. The summed E-state index contributed by atoms with van der Waals surface area (Å²) in [6.07, 6.45) is 1.27. The van der Waals surface area contributed by atoms with Crippen molar-refractivity contribution in [3.05, 3.63) is 27.7 Å². The van der Waals surface area contributed by atoms with Crippen LogP contribution in [-0.2, 0) is 10.0 Å². The number of sulfonamides is 1. The molecule has 8 heteroatoms. The van der Waals surface area contributed by atoms with Crippen LogP contribution >= 0.6 is 39.7 Å². The van der Waals surface area contributed by atoms with Crippen LogP contribution in [0.2, 0.25) is 5.02 Å². The number of rotatable bonds is 3. The van der Waals surface area contributed by atoms with E-state index in [9.17, 15) is 8.42 Å². The highest BCUT2D eigenvalue weighted by Gasteiger charge is 2.37. The lowest BCUT2D eigenvalue weighted by Crippen LogP contribution is -2.46. The van der Waals surface area contributed by atoms with Gasteiger partial charge in [0.15, 0.2) is 0 Å². The summed E-state index contributed by atoms with van der Waals surface area (Å²) >= 11 is 14.2. The zero-order chi connectivity index (χ0) is 15.8. The Labute approximate surface area is 143 Å². The Morgan fingerprint density at radius 2 is 2.00 bits per heavy atom. The fourth-order valence-corrected chi connectivity index (χ4v) is 4.57. The molecule has 0 radical (unpaired) electrons. The van der Waals surface area contributed by atoms with Crippen LogP contribution in [0.5, 0.6) is 0 Å². The molecular formula is C13H16BrClN2O2S2. The number of nitrogens with two attached hydrogens (primary N) is 1. The Balaban J connectivity index is 2.22. The van der Waals surface area contributed by atoms with Crippen LogP contribution in [0.15, 0.2) is 27.6 Å². The lowest BCUT2D eigenvalue weighted by atomic mass is 9.81. The quantitative estimate of drug-likeness (QED) is 0.776. The Morgan fingerprint density at radius 3 is 2.48 bits per heavy atom. The van der Waals surface area contributed by atoms with Gasteiger partial charge in [-0.1, -0.05) is 30.7 Å². The molecule has 0 unspecified atom stereocenters. The number of hydrogen-bond acceptors (Lipinski definition) is 3. The summed E-state index contributed by atoms with van der Waals surface area (Å²) in [5.41, 5.74) is 5.48. The van der Waals surface area contributed by atoms with E-state index < -0.39 is 10.0 Å². The fraction of sp³-hybridized carbons (Fsp3) is 0.462. The monoisotopic (exact) mass is 410 g/mol. The maximum Gasteiger partial charge on any atom is 0.243 e. The molecule has 1 saturated heterocycles. The minimum absolute atomic E-state index is 0.234. The molecule has 2 rings (SSSR count). The Bertz CT molecular complexity index is 671. The van der Waals surface area contributed by atoms with Crippen molar-refractivity contribution in [1.82, 2.24) is 4.31 Å². The molecule has 1 fully saturated rings. The van der Waals surface area contributed by atoms with Gasteiger partial charge in [-0.25, -0.2) is 8.42 Å². The van der Waals surface area contributed by atoms with E-state index in [1.54, 1.807) is 6.07 Å². The lowest BCUT2D eigenvalue weighted by Gasteiger charge is -2.37. The Kier molecular flexibility index (Phi) is 5.00. The molecule has 0 amide bonds. The third-order valence-corrected chi connectivity index (χ3v) is 7.55. The molecule has 0 bridgehead atoms. The molecule has 1 aliphatic rings. The van der Waals surface area contributed by atoms with Gasteiger partial charge in [-0.15, -0.1) is 0 Å². The number of piperidine rings is 1. The summed E-state index contributed by atoms with van der Waals surface area (Å²) in [4.78, 5) is 0.687. The minimum atomic E-state index is -3.52. The van der Waals surface area contributed by atoms with Crippen molar-refractivity contribution >= 4 is 54.8 Å². The average molecular weight is 412 g/mol. The number of benzene rings is 1. The van der Waals surface area contributed by atoms with E-state index in [2.05, 4.69) is 15.9 Å². The summed E-state index contributed by atoms with van der Waals surface area (Å²) in [5.74, 6) is 0. The van der Waals surface area contributed by atoms with Crippen molar-refractivity contribution in [2.45, 2.75) is 24.7 Å². The van der Waals surface area contributed by atoms with Crippen LogP contribution in [0.3, 0.4) is 0 Å². The molecule has 0 aromatic heterocycles. The van der Waals surface area contributed by atoms with Crippen molar-refractivity contribution in [3.8, 4) is 0 Å². The highest BCUT2D eigenvalue weighted by atomic mass is 79.9. The molecule has 0 spiro atoms. The molecule has 1 aliphatic heterocycles. The minimum Gasteiger partial charge on any atom is -0.393 e. The fourth-order valence-electron chi connectivity index (χ4n) is 2.25. The predicted octanol–water partition coefficient (Wildman–Crippen LogP) is 3.18. The zero-order valence-corrected chi connectivity index (χ0v) is 15.4. The van der Waals surface area contributed by atoms with Gasteiger partial charge in [-0.2, -0.15) is 4.31 Å². The summed E-state index contributed by atoms with van der Waals surface area (Å²) in [6, 6.07) is 4.62. The number of hydrogen-bond donors (Lipinski definition) is 1. The average Bonchev–Trinajstić information content (AvgIpc) is 2.42. The maximum atomic E-state index is 12.6. The molecule has 2 N–H and O–H groups in total. The van der Waals surface area contributed by atoms with Gasteiger partial charge in [0.2, 0.25) is 10.0 Å². The Morgan fingerprint density at radius 1 is 1.43 bits per heavy atom. The topological polar surface area (TPSA) is 63.4 Å². The van der Waals surface area contributed by atoms with Crippen LogP contribution in [0.4, 0.5) is 0 Å². The van der Waals surface area contributed by atoms with Gasteiger partial charge in [-0.05, 0) is 47.0 Å². The van der Waals surface area contributed by atoms with E-state index in [0.29, 0.717) is 40.4 Å². The van der Waals surface area contributed by atoms with Gasteiger partial charge in [0, 0.05) is 23.0 Å². The van der Waals surface area contributed by atoms with Gasteiger partial charge >= 0.3 is 0 Å². The van der Waals surface area contributed by atoms with E-state index in [1.165, 1.54) is 16.4 Å². The number of halogens is 2. The van der Waals surface area contributed by atoms with Crippen molar-refractivity contribution in [2.24, 2.45) is 11.1 Å². The third-order valence-electron chi connectivity index (χ3n) is 3.95. The second-order valence-electron chi connectivity index (χ2n) is 5.40. The number of thiocarbonyl (C=S) groups is 1. The van der Waals surface area contributed by atoms with Crippen molar-refractivity contribution < 1.29 is 8.42 Å². The van der Waals surface area contributed by atoms with Gasteiger partial charge in [0.25, 0.3) is 0 Å². The standard InChI is InChI=1S/C13H16BrClN2O2S2/c1-13(12(16)20)4-6-17(7-5-13)21(18,19)9-2-3-11(15)10(14)8-9/h2-3,8H,4-7H2,1H3,(H2,16,20). The summed E-state index contributed by atoms with van der Waals surface area (Å²) < 4.78 is 27.3. The van der Waals surface area contributed by atoms with Crippen molar-refractivity contribution in [2.75, 3.05) is 13.1 Å². The first-order chi connectivity index (χ1) is 9.67. The molecule has 0 saturated carbocycles. The first-order valence-electron chi connectivity index (χ1n) is 6.42. The predicted molar refractivity (Wildman–Crippen MR) is 92.0 cm³/mol. The van der Waals surface area contributed by atoms with Crippen LogP contribution in [0.1, 0.15) is 19.8 Å². The van der Waals surface area contributed by atoms with Crippen LogP contribution in [0.25, 0.3) is 0 Å². The first kappa shape index (κ1) is 17.1. The SMILES string of the molecule is CC1(C(N)=S)CCN(S(=O)(=O)c2ccc(Cl)c(Br)c2)CC1. The van der Waals surface area contributed by atoms with Crippen molar-refractivity contribution in [1.29, 1.82) is 0 Å². The molecule has 1 aromatic rings. The normalized spacial score (nSPS) is 19.4. The molecule has 1 heterocycles. The largest absolute Gasteiger partial charge is 0.393 e.